The number of carbonyl (C=O) groups is 1. The van der Waals surface area contributed by atoms with E-state index >= 15 is 0 Å². The summed E-state index contributed by atoms with van der Waals surface area (Å²) < 4.78 is 10.5. The predicted molar refractivity (Wildman–Crippen MR) is 96.1 cm³/mol. The maximum atomic E-state index is 12.4. The number of carbonyl (C=O) groups excluding carboxylic acids is 1. The Morgan fingerprint density at radius 1 is 1.12 bits per heavy atom. The lowest BCUT2D eigenvalue weighted by atomic mass is 10.0. The second-order valence-corrected chi connectivity index (χ2v) is 5.91. The van der Waals surface area contributed by atoms with Gasteiger partial charge >= 0.3 is 5.63 Å². The third-order valence-corrected chi connectivity index (χ3v) is 4.24. The second kappa shape index (κ2) is 6.81. The van der Waals surface area contributed by atoms with E-state index in [-0.39, 0.29) is 12.5 Å². The highest BCUT2D eigenvalue weighted by atomic mass is 16.5. The molecule has 0 saturated heterocycles. The largest absolute Gasteiger partial charge is 0.496 e. The van der Waals surface area contributed by atoms with Crippen molar-refractivity contribution >= 4 is 16.9 Å². The molecular formula is C20H19NO4. The summed E-state index contributed by atoms with van der Waals surface area (Å²) in [5.74, 6) is 0.242. The number of amides is 1. The van der Waals surface area contributed by atoms with E-state index in [1.54, 1.807) is 24.3 Å². The van der Waals surface area contributed by atoms with E-state index in [0.717, 1.165) is 22.1 Å². The normalized spacial score (nSPS) is 10.7. The zero-order valence-electron chi connectivity index (χ0n) is 14.4. The van der Waals surface area contributed by atoms with Crippen LogP contribution < -0.4 is 15.7 Å². The van der Waals surface area contributed by atoms with Crippen LogP contribution in [0.25, 0.3) is 11.0 Å². The third-order valence-electron chi connectivity index (χ3n) is 4.24. The molecule has 0 bridgehead atoms. The zero-order chi connectivity index (χ0) is 18.0. The fraction of sp³-hybridized carbons (Fsp3) is 0.200. The first-order valence-electron chi connectivity index (χ1n) is 7.95. The molecule has 0 aliphatic heterocycles. The van der Waals surface area contributed by atoms with Gasteiger partial charge in [-0.1, -0.05) is 12.1 Å². The Hall–Kier alpha value is -3.08. The van der Waals surface area contributed by atoms with Gasteiger partial charge in [0.25, 0.3) is 5.91 Å². The molecule has 0 radical (unpaired) electrons. The molecule has 0 atom stereocenters. The smallest absolute Gasteiger partial charge is 0.336 e. The molecule has 2 aromatic carbocycles. The summed E-state index contributed by atoms with van der Waals surface area (Å²) in [6, 6.07) is 12.2. The van der Waals surface area contributed by atoms with Crippen LogP contribution in [0.4, 0.5) is 0 Å². The lowest BCUT2D eigenvalue weighted by molar-refractivity contribution is 0.0948. The number of ether oxygens (including phenoxy) is 1. The monoisotopic (exact) mass is 337 g/mol. The minimum absolute atomic E-state index is 0.224. The number of aryl methyl sites for hydroxylation is 2. The summed E-state index contributed by atoms with van der Waals surface area (Å²) in [5, 5.41) is 3.67. The first-order chi connectivity index (χ1) is 12.0. The molecule has 25 heavy (non-hydrogen) atoms. The third kappa shape index (κ3) is 3.40. The second-order valence-electron chi connectivity index (χ2n) is 5.91. The molecule has 1 heterocycles. The highest BCUT2D eigenvalue weighted by molar-refractivity contribution is 5.97. The molecule has 3 aromatic rings. The number of methoxy groups -OCH3 is 1. The lowest BCUT2D eigenvalue weighted by Gasteiger charge is -2.11. The Kier molecular flexibility index (Phi) is 4.57. The molecular weight excluding hydrogens is 318 g/mol. The summed E-state index contributed by atoms with van der Waals surface area (Å²) in [7, 11) is 1.52. The molecule has 3 rings (SSSR count). The topological polar surface area (TPSA) is 68.5 Å². The van der Waals surface area contributed by atoms with Crippen LogP contribution in [0.1, 0.15) is 27.0 Å². The van der Waals surface area contributed by atoms with Gasteiger partial charge in [0, 0.05) is 18.0 Å². The van der Waals surface area contributed by atoms with E-state index in [0.29, 0.717) is 16.9 Å². The van der Waals surface area contributed by atoms with Crippen molar-refractivity contribution in [3.8, 4) is 5.75 Å². The van der Waals surface area contributed by atoms with Gasteiger partial charge in [-0.2, -0.15) is 0 Å². The van der Waals surface area contributed by atoms with E-state index < -0.39 is 5.63 Å². The van der Waals surface area contributed by atoms with E-state index in [9.17, 15) is 9.59 Å². The molecule has 1 amide bonds. The van der Waals surface area contributed by atoms with Gasteiger partial charge in [0.2, 0.25) is 0 Å². The maximum Gasteiger partial charge on any atom is 0.336 e. The standard InChI is InChI=1S/C20H19NO4/c1-12-8-16-14(10-19(22)25-18(16)9-13(12)2)11-21-20(23)15-6-4-5-7-17(15)24-3/h4-10H,11H2,1-3H3,(H,21,23). The molecule has 0 spiro atoms. The average molecular weight is 337 g/mol. The molecule has 0 aliphatic rings. The summed E-state index contributed by atoms with van der Waals surface area (Å²) in [6.07, 6.45) is 0. The van der Waals surface area contributed by atoms with Crippen LogP contribution in [0.3, 0.4) is 0 Å². The number of hydrogen-bond donors (Lipinski definition) is 1. The molecule has 128 valence electrons. The van der Waals surface area contributed by atoms with Crippen LogP contribution in [0, 0.1) is 13.8 Å². The van der Waals surface area contributed by atoms with Gasteiger partial charge in [0.15, 0.2) is 0 Å². The predicted octanol–water partition coefficient (Wildman–Crippen LogP) is 3.35. The van der Waals surface area contributed by atoms with Gasteiger partial charge < -0.3 is 14.5 Å². The van der Waals surface area contributed by atoms with Crippen molar-refractivity contribution in [2.75, 3.05) is 7.11 Å². The Morgan fingerprint density at radius 2 is 1.84 bits per heavy atom. The maximum absolute atomic E-state index is 12.4. The first-order valence-corrected chi connectivity index (χ1v) is 7.95. The molecule has 0 aliphatic carbocycles. The van der Waals surface area contributed by atoms with Gasteiger partial charge in [-0.15, -0.1) is 0 Å². The van der Waals surface area contributed by atoms with Gasteiger partial charge in [0.1, 0.15) is 11.3 Å². The van der Waals surface area contributed by atoms with E-state index in [1.165, 1.54) is 13.2 Å². The Morgan fingerprint density at radius 3 is 2.60 bits per heavy atom. The number of rotatable bonds is 4. The van der Waals surface area contributed by atoms with Crippen LogP contribution in [-0.2, 0) is 6.54 Å². The molecule has 1 N–H and O–H groups in total. The van der Waals surface area contributed by atoms with Crippen molar-refractivity contribution < 1.29 is 13.9 Å². The molecule has 0 fully saturated rings. The highest BCUT2D eigenvalue weighted by Crippen LogP contribution is 2.22. The van der Waals surface area contributed by atoms with Gasteiger partial charge in [-0.3, -0.25) is 4.79 Å². The molecule has 5 heteroatoms. The van der Waals surface area contributed by atoms with Crippen molar-refractivity contribution in [2.24, 2.45) is 0 Å². The Bertz CT molecular complexity index is 1000. The Labute approximate surface area is 145 Å². The zero-order valence-corrected chi connectivity index (χ0v) is 14.4. The highest BCUT2D eigenvalue weighted by Gasteiger charge is 2.13. The number of para-hydroxylation sites is 1. The van der Waals surface area contributed by atoms with Gasteiger partial charge in [-0.25, -0.2) is 4.79 Å². The summed E-state index contributed by atoms with van der Waals surface area (Å²) >= 11 is 0. The van der Waals surface area contributed by atoms with E-state index in [4.69, 9.17) is 9.15 Å². The summed E-state index contributed by atoms with van der Waals surface area (Å²) in [6.45, 7) is 4.18. The average Bonchev–Trinajstić information content (AvgIpc) is 2.60. The van der Waals surface area contributed by atoms with Crippen molar-refractivity contribution in [1.29, 1.82) is 0 Å². The SMILES string of the molecule is COc1ccccc1C(=O)NCc1cc(=O)oc2cc(C)c(C)cc12. The van der Waals surface area contributed by atoms with Crippen molar-refractivity contribution in [3.63, 3.8) is 0 Å². The fourth-order valence-corrected chi connectivity index (χ4v) is 2.73. The fourth-order valence-electron chi connectivity index (χ4n) is 2.73. The molecule has 0 saturated carbocycles. The van der Waals surface area contributed by atoms with Crippen molar-refractivity contribution in [1.82, 2.24) is 5.32 Å². The van der Waals surface area contributed by atoms with Crippen LogP contribution in [0.2, 0.25) is 0 Å². The van der Waals surface area contributed by atoms with Crippen LogP contribution in [0.15, 0.2) is 51.7 Å². The van der Waals surface area contributed by atoms with Crippen LogP contribution >= 0.6 is 0 Å². The molecule has 1 aromatic heterocycles. The number of fused-ring (bicyclic) bond motifs is 1. The van der Waals surface area contributed by atoms with E-state index in [1.807, 2.05) is 26.0 Å². The molecule has 5 nitrogen and oxygen atoms in total. The number of hydrogen-bond acceptors (Lipinski definition) is 4. The quantitative estimate of drug-likeness (QED) is 0.741. The Balaban J connectivity index is 1.92. The minimum atomic E-state index is -0.433. The van der Waals surface area contributed by atoms with Crippen molar-refractivity contribution in [3.05, 3.63) is 75.1 Å². The van der Waals surface area contributed by atoms with E-state index in [2.05, 4.69) is 5.32 Å². The van der Waals surface area contributed by atoms with Gasteiger partial charge in [0.05, 0.1) is 12.7 Å². The number of nitrogens with one attached hydrogen (secondary N) is 1. The lowest BCUT2D eigenvalue weighted by Crippen LogP contribution is -2.24. The minimum Gasteiger partial charge on any atom is -0.496 e. The van der Waals surface area contributed by atoms with Crippen molar-refractivity contribution in [2.45, 2.75) is 20.4 Å². The summed E-state index contributed by atoms with van der Waals surface area (Å²) in [5.41, 5.74) is 3.40. The first kappa shape index (κ1) is 16.8. The van der Waals surface area contributed by atoms with Crippen LogP contribution in [-0.4, -0.2) is 13.0 Å². The van der Waals surface area contributed by atoms with Gasteiger partial charge in [-0.05, 0) is 54.8 Å². The van der Waals surface area contributed by atoms with Crippen LogP contribution in [0.5, 0.6) is 5.75 Å². The summed E-state index contributed by atoms with van der Waals surface area (Å²) in [4.78, 5) is 24.3. The number of benzene rings is 2. The molecule has 0 unspecified atom stereocenters.